The number of imidazole rings is 2. The number of rotatable bonds is 12. The number of phenolic OH excluding ortho intramolecular Hbond substituents is 1. The first-order valence-electron chi connectivity index (χ1n) is 19.9. The number of amides is 4. The number of benzene rings is 3. The number of nitrogens with one attached hydrogen (secondary N) is 4. The van der Waals surface area contributed by atoms with Crippen molar-refractivity contribution >= 4 is 24.0 Å². The van der Waals surface area contributed by atoms with Crippen LogP contribution in [-0.4, -0.2) is 98.2 Å². The van der Waals surface area contributed by atoms with Gasteiger partial charge in [-0.1, -0.05) is 74.5 Å². The normalized spacial score (nSPS) is 17.4. The lowest BCUT2D eigenvalue weighted by molar-refractivity contribution is -0.135. The summed E-state index contributed by atoms with van der Waals surface area (Å²) < 4.78 is 9.57. The average molecular weight is 803 g/mol. The molecule has 5 aromatic rings. The maximum atomic E-state index is 13.9. The molecule has 59 heavy (non-hydrogen) atoms. The van der Waals surface area contributed by atoms with Crippen molar-refractivity contribution in [1.82, 2.24) is 40.4 Å². The lowest BCUT2D eigenvalue weighted by Crippen LogP contribution is -2.51. The molecular formula is C44H50N8O7. The summed E-state index contributed by atoms with van der Waals surface area (Å²) in [6, 6.07) is 20.9. The summed E-state index contributed by atoms with van der Waals surface area (Å²) in [4.78, 5) is 71.4. The number of phenols is 1. The molecule has 7 rings (SSSR count). The van der Waals surface area contributed by atoms with E-state index in [-0.39, 0.29) is 42.0 Å². The molecule has 0 aliphatic carbocycles. The van der Waals surface area contributed by atoms with Crippen molar-refractivity contribution in [1.29, 1.82) is 0 Å². The van der Waals surface area contributed by atoms with Gasteiger partial charge >= 0.3 is 12.2 Å². The largest absolute Gasteiger partial charge is 0.508 e. The van der Waals surface area contributed by atoms with Crippen molar-refractivity contribution in [2.24, 2.45) is 5.92 Å². The topological polar surface area (TPSA) is 195 Å². The van der Waals surface area contributed by atoms with Gasteiger partial charge in [0.2, 0.25) is 11.8 Å². The van der Waals surface area contributed by atoms with Crippen LogP contribution in [0.2, 0.25) is 0 Å². The van der Waals surface area contributed by atoms with E-state index in [9.17, 15) is 24.3 Å². The van der Waals surface area contributed by atoms with Crippen molar-refractivity contribution in [3.8, 4) is 39.4 Å². The first-order valence-corrected chi connectivity index (χ1v) is 19.9. The molecule has 3 aromatic carbocycles. The van der Waals surface area contributed by atoms with Gasteiger partial charge in [-0.25, -0.2) is 19.6 Å². The third-order valence-corrected chi connectivity index (χ3v) is 11.2. The molecule has 4 amide bonds. The molecule has 4 heterocycles. The molecule has 0 saturated carbocycles. The molecule has 308 valence electrons. The summed E-state index contributed by atoms with van der Waals surface area (Å²) in [6.07, 6.45) is 5.62. The average Bonchev–Trinajstić information content (AvgIpc) is 4.10. The summed E-state index contributed by atoms with van der Waals surface area (Å²) in [6.45, 7) is 4.90. The zero-order valence-corrected chi connectivity index (χ0v) is 33.6. The summed E-state index contributed by atoms with van der Waals surface area (Å²) in [7, 11) is 2.55. The predicted molar refractivity (Wildman–Crippen MR) is 220 cm³/mol. The maximum absolute atomic E-state index is 13.9. The third kappa shape index (κ3) is 9.09. The van der Waals surface area contributed by atoms with Crippen LogP contribution in [0.5, 0.6) is 5.75 Å². The van der Waals surface area contributed by atoms with Gasteiger partial charge in [0.05, 0.1) is 50.1 Å². The Bertz CT molecular complexity index is 2250. The van der Waals surface area contributed by atoms with Crippen LogP contribution in [-0.2, 0) is 25.5 Å². The molecule has 0 spiro atoms. The molecule has 2 aliphatic heterocycles. The Morgan fingerprint density at radius 2 is 1.15 bits per heavy atom. The van der Waals surface area contributed by atoms with Crippen LogP contribution in [0, 0.1) is 5.92 Å². The van der Waals surface area contributed by atoms with E-state index < -0.39 is 24.3 Å². The van der Waals surface area contributed by atoms with Crippen LogP contribution in [0.25, 0.3) is 33.6 Å². The summed E-state index contributed by atoms with van der Waals surface area (Å²) >= 11 is 0. The number of ether oxygens (including phenoxy) is 2. The number of hydrogen-bond donors (Lipinski definition) is 5. The van der Waals surface area contributed by atoms with Crippen molar-refractivity contribution in [3.63, 3.8) is 0 Å². The predicted octanol–water partition coefficient (Wildman–Crippen LogP) is 6.51. The van der Waals surface area contributed by atoms with Crippen molar-refractivity contribution < 1.29 is 33.8 Å². The third-order valence-electron chi connectivity index (χ3n) is 11.2. The van der Waals surface area contributed by atoms with Gasteiger partial charge in [-0.2, -0.15) is 0 Å². The fraction of sp³-hybridized carbons (Fsp3) is 0.364. The van der Waals surface area contributed by atoms with E-state index in [2.05, 4.69) is 54.8 Å². The van der Waals surface area contributed by atoms with Crippen LogP contribution in [0.1, 0.15) is 68.8 Å². The zero-order valence-electron chi connectivity index (χ0n) is 33.6. The zero-order chi connectivity index (χ0) is 41.6. The Morgan fingerprint density at radius 1 is 0.695 bits per heavy atom. The van der Waals surface area contributed by atoms with Crippen LogP contribution in [0.4, 0.5) is 9.59 Å². The monoisotopic (exact) mass is 802 g/mol. The minimum atomic E-state index is -0.859. The number of methoxy groups -OCH3 is 2. The van der Waals surface area contributed by atoms with Crippen LogP contribution >= 0.6 is 0 Å². The number of likely N-dealkylation sites (tertiary alicyclic amines) is 2. The first kappa shape index (κ1) is 40.6. The number of aromatic amines is 2. The fourth-order valence-electron chi connectivity index (χ4n) is 7.97. The van der Waals surface area contributed by atoms with Gasteiger partial charge in [-0.05, 0) is 71.6 Å². The van der Waals surface area contributed by atoms with Crippen LogP contribution in [0.15, 0.2) is 85.2 Å². The Labute approximate surface area is 342 Å². The minimum absolute atomic E-state index is 0.113. The fourth-order valence-corrected chi connectivity index (χ4v) is 7.97. The number of carbonyl (C=O) groups is 4. The van der Waals surface area contributed by atoms with Crippen LogP contribution < -0.4 is 10.6 Å². The Kier molecular flexibility index (Phi) is 12.3. The van der Waals surface area contributed by atoms with Gasteiger partial charge in [0, 0.05) is 19.5 Å². The van der Waals surface area contributed by atoms with E-state index in [1.807, 2.05) is 38.1 Å². The molecule has 0 unspecified atom stereocenters. The van der Waals surface area contributed by atoms with Crippen LogP contribution in [0.3, 0.4) is 0 Å². The van der Waals surface area contributed by atoms with Gasteiger partial charge in [-0.15, -0.1) is 0 Å². The van der Waals surface area contributed by atoms with E-state index in [0.29, 0.717) is 24.7 Å². The maximum Gasteiger partial charge on any atom is 0.407 e. The second kappa shape index (κ2) is 17.9. The highest BCUT2D eigenvalue weighted by atomic mass is 16.5. The summed E-state index contributed by atoms with van der Waals surface area (Å²) in [5, 5.41) is 15.1. The number of carbonyl (C=O) groups excluding carboxylic acids is 4. The highest BCUT2D eigenvalue weighted by Crippen LogP contribution is 2.35. The molecule has 5 N–H and O–H groups in total. The number of hydrogen-bond acceptors (Lipinski definition) is 9. The standard InChI is InChI=1S/C44H50N8O7/c1-26(2)38(50-44(57)59-4)42(55)52-22-6-8-37(52)40-46-25-35(48-40)31-17-13-29(14-18-31)28-11-15-30(16-12-28)34-24-45-39(47-34)36-7-5-21-51(36)41(54)33(49-43(56)58-3)23-27-9-19-32(53)20-10-27/h9-20,24-26,33,36-38,53H,5-8,21-23H2,1-4H3,(H,45,47)(H,46,48)(H,49,56)(H,50,57)/t33-,36-,37-,38-/m0/s1. The van der Waals surface area contributed by atoms with E-state index in [0.717, 1.165) is 64.9 Å². The summed E-state index contributed by atoms with van der Waals surface area (Å²) in [5.74, 6) is 1.02. The number of aromatic hydroxyl groups is 1. The smallest absolute Gasteiger partial charge is 0.407 e. The molecular weight excluding hydrogens is 753 g/mol. The van der Waals surface area contributed by atoms with Gasteiger partial charge in [0.1, 0.15) is 29.5 Å². The van der Waals surface area contributed by atoms with Crippen molar-refractivity contribution in [2.45, 2.75) is 70.1 Å². The lowest BCUT2D eigenvalue weighted by Gasteiger charge is -2.30. The molecule has 2 saturated heterocycles. The number of alkyl carbamates (subject to hydrolysis) is 2. The lowest BCUT2D eigenvalue weighted by atomic mass is 10.0. The molecule has 4 atom stereocenters. The highest BCUT2D eigenvalue weighted by Gasteiger charge is 2.38. The van der Waals surface area contributed by atoms with E-state index >= 15 is 0 Å². The van der Waals surface area contributed by atoms with Crippen molar-refractivity contribution in [2.75, 3.05) is 27.3 Å². The highest BCUT2D eigenvalue weighted by molar-refractivity contribution is 5.87. The Morgan fingerprint density at radius 3 is 1.63 bits per heavy atom. The molecule has 0 radical (unpaired) electrons. The number of nitrogens with zero attached hydrogens (tertiary/aromatic N) is 4. The number of H-pyrrole nitrogens is 2. The second-order valence-electron chi connectivity index (χ2n) is 15.3. The first-order chi connectivity index (χ1) is 28.5. The van der Waals surface area contributed by atoms with E-state index in [1.165, 1.54) is 14.2 Å². The number of aromatic nitrogens is 4. The SMILES string of the molecule is COC(=O)N[C@@H](Cc1ccc(O)cc1)C(=O)N1CCC[C@H]1c1ncc(-c2ccc(-c3ccc(-c4cnc([C@@H]5CCCN5C(=O)[C@@H](NC(=O)OC)C(C)C)[nH]4)cc3)cc2)[nH]1. The van der Waals surface area contributed by atoms with Crippen molar-refractivity contribution in [3.05, 3.63) is 102 Å². The molecule has 2 aromatic heterocycles. The van der Waals surface area contributed by atoms with Gasteiger partial charge < -0.3 is 45.0 Å². The quantitative estimate of drug-likeness (QED) is 0.0934. The molecule has 15 heteroatoms. The van der Waals surface area contributed by atoms with E-state index in [4.69, 9.17) is 9.47 Å². The Hall–Kier alpha value is -6.64. The van der Waals surface area contributed by atoms with Gasteiger partial charge in [0.15, 0.2) is 0 Å². The molecule has 15 nitrogen and oxygen atoms in total. The molecule has 2 fully saturated rings. The minimum Gasteiger partial charge on any atom is -0.508 e. The van der Waals surface area contributed by atoms with Gasteiger partial charge in [-0.3, -0.25) is 9.59 Å². The Balaban J connectivity index is 1.000. The van der Waals surface area contributed by atoms with E-state index in [1.54, 1.807) is 46.5 Å². The molecule has 0 bridgehead atoms. The second-order valence-corrected chi connectivity index (χ2v) is 15.3. The summed E-state index contributed by atoms with van der Waals surface area (Å²) in [5.41, 5.74) is 6.45. The van der Waals surface area contributed by atoms with Gasteiger partial charge in [0.25, 0.3) is 0 Å². The molecule has 2 aliphatic rings.